The number of ether oxygens (including phenoxy) is 1. The Labute approximate surface area is 156 Å². The minimum Gasteiger partial charge on any atom is -0.507 e. The van der Waals surface area contributed by atoms with E-state index in [-0.39, 0.29) is 22.7 Å². The number of aromatic hydroxyl groups is 1. The summed E-state index contributed by atoms with van der Waals surface area (Å²) in [4.78, 5) is 30.2. The van der Waals surface area contributed by atoms with Crippen molar-refractivity contribution in [2.45, 2.75) is 19.8 Å². The van der Waals surface area contributed by atoms with Gasteiger partial charge in [0, 0.05) is 10.9 Å². The van der Waals surface area contributed by atoms with E-state index in [0.29, 0.717) is 29.5 Å². The average Bonchev–Trinajstić information content (AvgIpc) is 2.91. The third-order valence-electron chi connectivity index (χ3n) is 4.65. The van der Waals surface area contributed by atoms with E-state index in [1.165, 1.54) is 6.07 Å². The fraction of sp³-hybridized carbons (Fsp3) is 0.227. The number of fused-ring (bicyclic) bond motifs is 2. The van der Waals surface area contributed by atoms with Gasteiger partial charge in [0.05, 0.1) is 17.9 Å². The molecule has 3 aromatic rings. The van der Waals surface area contributed by atoms with Crippen molar-refractivity contribution >= 4 is 22.5 Å². The first kappa shape index (κ1) is 17.2. The molecule has 0 radical (unpaired) electrons. The lowest BCUT2D eigenvalue weighted by atomic mass is 9.98. The van der Waals surface area contributed by atoms with Crippen LogP contribution in [-0.4, -0.2) is 28.3 Å². The van der Waals surface area contributed by atoms with Crippen molar-refractivity contribution < 1.29 is 19.4 Å². The molecule has 0 spiro atoms. The highest BCUT2D eigenvalue weighted by Crippen LogP contribution is 2.38. The van der Waals surface area contributed by atoms with Gasteiger partial charge < -0.3 is 9.84 Å². The number of nitrogens with zero attached hydrogens (tertiary/aromatic N) is 1. The Balaban J connectivity index is 1.79. The number of aromatic nitrogens is 1. The summed E-state index contributed by atoms with van der Waals surface area (Å²) in [5.74, 6) is -0.968. The standard InChI is InChI=1S/C22H19NO4/c1-12(2)11-27-17-8-3-5-13-9-10-15(23-20(13)17)19-21(25)14-6-4-7-16(24)18(14)22(19)26/h3-10,12,19,24H,11H2,1-2H3. The number of ketones is 2. The summed E-state index contributed by atoms with van der Waals surface area (Å²) >= 11 is 0. The number of phenolic OH excluding ortho intramolecular Hbond substituents is 1. The van der Waals surface area contributed by atoms with Crippen LogP contribution in [0.4, 0.5) is 0 Å². The number of pyridine rings is 1. The number of benzene rings is 2. The Kier molecular flexibility index (Phi) is 4.15. The Morgan fingerprint density at radius 1 is 1.04 bits per heavy atom. The highest BCUT2D eigenvalue weighted by molar-refractivity contribution is 6.30. The van der Waals surface area contributed by atoms with Crippen molar-refractivity contribution in [2.24, 2.45) is 5.92 Å². The third-order valence-corrected chi connectivity index (χ3v) is 4.65. The molecule has 1 aromatic heterocycles. The van der Waals surface area contributed by atoms with Crippen molar-refractivity contribution in [1.82, 2.24) is 4.98 Å². The Morgan fingerprint density at radius 2 is 1.81 bits per heavy atom. The Morgan fingerprint density at radius 3 is 2.56 bits per heavy atom. The molecule has 0 saturated carbocycles. The maximum atomic E-state index is 12.8. The van der Waals surface area contributed by atoms with Gasteiger partial charge in [-0.25, -0.2) is 4.98 Å². The number of carbonyl (C=O) groups excluding carboxylic acids is 2. The van der Waals surface area contributed by atoms with Crippen molar-refractivity contribution in [3.05, 3.63) is 65.4 Å². The molecule has 0 fully saturated rings. The lowest BCUT2D eigenvalue weighted by Crippen LogP contribution is -2.14. The molecule has 5 nitrogen and oxygen atoms in total. The van der Waals surface area contributed by atoms with Crippen LogP contribution in [-0.2, 0) is 0 Å². The smallest absolute Gasteiger partial charge is 0.184 e. The predicted molar refractivity (Wildman–Crippen MR) is 102 cm³/mol. The van der Waals surface area contributed by atoms with E-state index in [1.807, 2.05) is 24.3 Å². The van der Waals surface area contributed by atoms with E-state index >= 15 is 0 Å². The molecule has 1 aliphatic carbocycles. The largest absolute Gasteiger partial charge is 0.507 e. The van der Waals surface area contributed by atoms with E-state index < -0.39 is 11.7 Å². The van der Waals surface area contributed by atoms with Crippen LogP contribution in [0.1, 0.15) is 46.2 Å². The molecule has 0 bridgehead atoms. The number of phenols is 1. The van der Waals surface area contributed by atoms with Gasteiger partial charge in [0.15, 0.2) is 11.6 Å². The Bertz CT molecular complexity index is 1070. The average molecular weight is 361 g/mol. The molecule has 0 aliphatic heterocycles. The second kappa shape index (κ2) is 6.50. The van der Waals surface area contributed by atoms with Gasteiger partial charge in [-0.15, -0.1) is 0 Å². The SMILES string of the molecule is CC(C)COc1cccc2ccc(C3C(=O)c4cccc(O)c4C3=O)nc12. The first-order valence-electron chi connectivity index (χ1n) is 8.90. The number of Topliss-reactive ketones (excluding diaryl/α,β-unsaturated/α-hetero) is 2. The van der Waals surface area contributed by atoms with Gasteiger partial charge >= 0.3 is 0 Å². The van der Waals surface area contributed by atoms with Crippen molar-refractivity contribution in [2.75, 3.05) is 6.61 Å². The van der Waals surface area contributed by atoms with Crippen molar-refractivity contribution in [3.8, 4) is 11.5 Å². The molecule has 1 heterocycles. The summed E-state index contributed by atoms with van der Waals surface area (Å²) in [5.41, 5.74) is 1.32. The maximum Gasteiger partial charge on any atom is 0.184 e. The predicted octanol–water partition coefficient (Wildman–Crippen LogP) is 4.14. The summed E-state index contributed by atoms with van der Waals surface area (Å²) in [6.45, 7) is 4.67. The van der Waals surface area contributed by atoms with Crippen LogP contribution in [0.3, 0.4) is 0 Å². The highest BCUT2D eigenvalue weighted by atomic mass is 16.5. The van der Waals surface area contributed by atoms with Gasteiger partial charge in [0.25, 0.3) is 0 Å². The quantitative estimate of drug-likeness (QED) is 0.707. The number of hydrogen-bond donors (Lipinski definition) is 1. The van der Waals surface area contributed by atoms with Gasteiger partial charge in [0.2, 0.25) is 0 Å². The molecule has 0 amide bonds. The molecule has 1 unspecified atom stereocenters. The van der Waals surface area contributed by atoms with Crippen LogP contribution in [0, 0.1) is 5.92 Å². The van der Waals surface area contributed by atoms with E-state index in [0.717, 1.165) is 5.39 Å². The fourth-order valence-corrected chi connectivity index (χ4v) is 3.36. The lowest BCUT2D eigenvalue weighted by Gasteiger charge is -2.13. The molecule has 136 valence electrons. The zero-order valence-electron chi connectivity index (χ0n) is 15.1. The Hall–Kier alpha value is -3.21. The topological polar surface area (TPSA) is 76.5 Å². The minimum absolute atomic E-state index is 0.0822. The third kappa shape index (κ3) is 2.85. The van der Waals surface area contributed by atoms with Gasteiger partial charge in [-0.3, -0.25) is 9.59 Å². The maximum absolute atomic E-state index is 12.8. The minimum atomic E-state index is -1.03. The molecular formula is C22H19NO4. The zero-order chi connectivity index (χ0) is 19.1. The lowest BCUT2D eigenvalue weighted by molar-refractivity contribution is 0.0887. The van der Waals surface area contributed by atoms with Gasteiger partial charge in [-0.1, -0.05) is 44.2 Å². The van der Waals surface area contributed by atoms with E-state index in [4.69, 9.17) is 4.74 Å². The molecule has 5 heteroatoms. The number of hydrogen-bond acceptors (Lipinski definition) is 5. The second-order valence-electron chi connectivity index (χ2n) is 7.13. The van der Waals surface area contributed by atoms with E-state index in [9.17, 15) is 14.7 Å². The first-order chi connectivity index (χ1) is 13.0. The van der Waals surface area contributed by atoms with E-state index in [2.05, 4.69) is 18.8 Å². The summed E-state index contributed by atoms with van der Waals surface area (Å²) in [7, 11) is 0. The number of rotatable bonds is 4. The summed E-state index contributed by atoms with van der Waals surface area (Å²) in [5, 5.41) is 10.9. The second-order valence-corrected chi connectivity index (χ2v) is 7.13. The monoisotopic (exact) mass is 361 g/mol. The molecule has 27 heavy (non-hydrogen) atoms. The highest BCUT2D eigenvalue weighted by Gasteiger charge is 2.42. The van der Waals surface area contributed by atoms with Crippen LogP contribution >= 0.6 is 0 Å². The number of carbonyl (C=O) groups is 2. The number of para-hydroxylation sites is 1. The van der Waals surface area contributed by atoms with Crippen LogP contribution in [0.25, 0.3) is 10.9 Å². The fourth-order valence-electron chi connectivity index (χ4n) is 3.36. The van der Waals surface area contributed by atoms with Crippen molar-refractivity contribution in [1.29, 1.82) is 0 Å². The normalized spacial score (nSPS) is 16.2. The van der Waals surface area contributed by atoms with Gasteiger partial charge in [-0.2, -0.15) is 0 Å². The molecule has 1 atom stereocenters. The van der Waals surface area contributed by atoms with Crippen LogP contribution in [0.2, 0.25) is 0 Å². The van der Waals surface area contributed by atoms with Crippen molar-refractivity contribution in [3.63, 3.8) is 0 Å². The van der Waals surface area contributed by atoms with Gasteiger partial charge in [0.1, 0.15) is 22.9 Å². The molecule has 0 saturated heterocycles. The van der Waals surface area contributed by atoms with Crippen LogP contribution in [0.15, 0.2) is 48.5 Å². The molecular weight excluding hydrogens is 342 g/mol. The molecule has 1 N–H and O–H groups in total. The first-order valence-corrected chi connectivity index (χ1v) is 8.90. The van der Waals surface area contributed by atoms with E-state index in [1.54, 1.807) is 18.2 Å². The summed E-state index contributed by atoms with van der Waals surface area (Å²) in [6.07, 6.45) is 0. The zero-order valence-corrected chi connectivity index (χ0v) is 15.1. The van der Waals surface area contributed by atoms with Crippen LogP contribution < -0.4 is 4.74 Å². The molecule has 2 aromatic carbocycles. The van der Waals surface area contributed by atoms with Crippen LogP contribution in [0.5, 0.6) is 11.5 Å². The van der Waals surface area contributed by atoms with Gasteiger partial charge in [-0.05, 0) is 24.1 Å². The molecule has 1 aliphatic rings. The summed E-state index contributed by atoms with van der Waals surface area (Å²) in [6, 6.07) is 13.7. The molecule has 4 rings (SSSR count). The summed E-state index contributed by atoms with van der Waals surface area (Å²) < 4.78 is 5.86.